The molecule has 0 saturated heterocycles. The van der Waals surface area contributed by atoms with Crippen LogP contribution in [0.15, 0.2) is 60.7 Å². The van der Waals surface area contributed by atoms with Crippen molar-refractivity contribution in [2.75, 3.05) is 6.54 Å². The standard InChI is InChI=1S/C20H21N3O2/c24-20(23-25)10-9-15-5-7-16(8-6-15)14-21-12-11-18-13-17-3-1-2-4-19(17)22-18/h1-10,13,21-22,25H,11-12,14H2,(H,23,24)/b10-9+. The first kappa shape index (κ1) is 17.0. The zero-order valence-electron chi connectivity index (χ0n) is 13.8. The summed E-state index contributed by atoms with van der Waals surface area (Å²) in [6.07, 6.45) is 3.89. The van der Waals surface area contributed by atoms with Gasteiger partial charge in [0, 0.05) is 30.4 Å². The molecule has 0 aliphatic heterocycles. The SMILES string of the molecule is O=C(/C=C/c1ccc(CNCCc2cc3ccccc3[nH]2)cc1)NO. The molecule has 3 aromatic rings. The summed E-state index contributed by atoms with van der Waals surface area (Å²) >= 11 is 0. The average Bonchev–Trinajstić information content (AvgIpc) is 3.07. The predicted molar refractivity (Wildman–Crippen MR) is 99.1 cm³/mol. The second-order valence-corrected chi connectivity index (χ2v) is 5.86. The number of para-hydroxylation sites is 1. The predicted octanol–water partition coefficient (Wildman–Crippen LogP) is 3.02. The third-order valence-corrected chi connectivity index (χ3v) is 4.00. The Kier molecular flexibility index (Phi) is 5.61. The number of fused-ring (bicyclic) bond motifs is 1. The van der Waals surface area contributed by atoms with E-state index in [1.54, 1.807) is 11.6 Å². The molecule has 0 radical (unpaired) electrons. The van der Waals surface area contributed by atoms with Crippen LogP contribution in [0, 0.1) is 0 Å². The van der Waals surface area contributed by atoms with Crippen molar-refractivity contribution in [2.45, 2.75) is 13.0 Å². The molecule has 5 heteroatoms. The summed E-state index contributed by atoms with van der Waals surface area (Å²) in [6.45, 7) is 1.69. The molecule has 128 valence electrons. The van der Waals surface area contributed by atoms with E-state index in [2.05, 4.69) is 28.5 Å². The van der Waals surface area contributed by atoms with Crippen LogP contribution in [0.3, 0.4) is 0 Å². The molecule has 2 aromatic carbocycles. The number of benzene rings is 2. The third-order valence-electron chi connectivity index (χ3n) is 4.00. The van der Waals surface area contributed by atoms with Crippen LogP contribution in [-0.4, -0.2) is 22.6 Å². The Morgan fingerprint density at radius 1 is 1.12 bits per heavy atom. The van der Waals surface area contributed by atoms with Gasteiger partial charge < -0.3 is 10.3 Å². The second kappa shape index (κ2) is 8.28. The van der Waals surface area contributed by atoms with Crippen molar-refractivity contribution in [3.05, 3.63) is 77.5 Å². The molecule has 0 spiro atoms. The lowest BCUT2D eigenvalue weighted by Crippen LogP contribution is -2.16. The fraction of sp³-hybridized carbons (Fsp3) is 0.150. The number of aromatic amines is 1. The molecule has 4 N–H and O–H groups in total. The topological polar surface area (TPSA) is 77.2 Å². The Balaban J connectivity index is 1.45. The number of H-pyrrole nitrogens is 1. The fourth-order valence-corrected chi connectivity index (χ4v) is 2.68. The zero-order chi connectivity index (χ0) is 17.5. The molecule has 0 bridgehead atoms. The number of carbonyl (C=O) groups excluding carboxylic acids is 1. The second-order valence-electron chi connectivity index (χ2n) is 5.86. The Hall–Kier alpha value is -2.89. The van der Waals surface area contributed by atoms with Crippen LogP contribution in [0.4, 0.5) is 0 Å². The van der Waals surface area contributed by atoms with Gasteiger partial charge in [0.05, 0.1) is 0 Å². The van der Waals surface area contributed by atoms with Gasteiger partial charge in [0.1, 0.15) is 0 Å². The summed E-state index contributed by atoms with van der Waals surface area (Å²) in [5, 5.41) is 13.1. The van der Waals surface area contributed by atoms with Gasteiger partial charge in [-0.2, -0.15) is 0 Å². The van der Waals surface area contributed by atoms with Crippen molar-refractivity contribution in [1.29, 1.82) is 0 Å². The number of hydroxylamine groups is 1. The first-order valence-electron chi connectivity index (χ1n) is 8.23. The van der Waals surface area contributed by atoms with Crippen molar-refractivity contribution < 1.29 is 10.0 Å². The summed E-state index contributed by atoms with van der Waals surface area (Å²) in [4.78, 5) is 14.4. The molecule has 1 heterocycles. The number of amides is 1. The van der Waals surface area contributed by atoms with Gasteiger partial charge in [0.15, 0.2) is 0 Å². The molecule has 1 amide bonds. The molecular formula is C20H21N3O2. The van der Waals surface area contributed by atoms with Crippen molar-refractivity contribution in [3.63, 3.8) is 0 Å². The highest BCUT2D eigenvalue weighted by molar-refractivity contribution is 5.90. The summed E-state index contributed by atoms with van der Waals surface area (Å²) in [5.41, 5.74) is 6.06. The zero-order valence-corrected chi connectivity index (χ0v) is 13.8. The number of carbonyl (C=O) groups is 1. The van der Waals surface area contributed by atoms with Crippen LogP contribution >= 0.6 is 0 Å². The first-order chi connectivity index (χ1) is 12.2. The fourth-order valence-electron chi connectivity index (χ4n) is 2.68. The highest BCUT2D eigenvalue weighted by Gasteiger charge is 2.00. The summed E-state index contributed by atoms with van der Waals surface area (Å²) in [6, 6.07) is 18.4. The lowest BCUT2D eigenvalue weighted by atomic mass is 10.1. The number of hydrogen-bond acceptors (Lipinski definition) is 3. The van der Waals surface area contributed by atoms with E-state index in [1.807, 2.05) is 36.4 Å². The summed E-state index contributed by atoms with van der Waals surface area (Å²) < 4.78 is 0. The van der Waals surface area contributed by atoms with Crippen LogP contribution in [0.5, 0.6) is 0 Å². The maximum Gasteiger partial charge on any atom is 0.267 e. The van der Waals surface area contributed by atoms with Gasteiger partial charge in [-0.05, 0) is 41.1 Å². The van der Waals surface area contributed by atoms with Gasteiger partial charge in [-0.1, -0.05) is 42.5 Å². The van der Waals surface area contributed by atoms with Gasteiger partial charge in [-0.3, -0.25) is 10.0 Å². The van der Waals surface area contributed by atoms with Crippen LogP contribution in [0.2, 0.25) is 0 Å². The Morgan fingerprint density at radius 3 is 2.68 bits per heavy atom. The van der Waals surface area contributed by atoms with Crippen molar-refractivity contribution >= 4 is 22.9 Å². The van der Waals surface area contributed by atoms with E-state index in [0.29, 0.717) is 0 Å². The maximum atomic E-state index is 10.9. The molecular weight excluding hydrogens is 314 g/mol. The molecule has 3 rings (SSSR count). The summed E-state index contributed by atoms with van der Waals surface area (Å²) in [5.74, 6) is -0.539. The Labute approximate surface area is 146 Å². The van der Waals surface area contributed by atoms with Crippen LogP contribution in [0.1, 0.15) is 16.8 Å². The highest BCUT2D eigenvalue weighted by Crippen LogP contribution is 2.14. The Morgan fingerprint density at radius 2 is 1.92 bits per heavy atom. The van der Waals surface area contributed by atoms with Crippen LogP contribution in [-0.2, 0) is 17.8 Å². The minimum atomic E-state index is -0.539. The number of rotatable bonds is 7. The van der Waals surface area contributed by atoms with Gasteiger partial charge in [-0.15, -0.1) is 0 Å². The smallest absolute Gasteiger partial charge is 0.267 e. The highest BCUT2D eigenvalue weighted by atomic mass is 16.5. The van der Waals surface area contributed by atoms with Crippen molar-refractivity contribution in [1.82, 2.24) is 15.8 Å². The lowest BCUT2D eigenvalue weighted by molar-refractivity contribution is -0.124. The minimum absolute atomic E-state index is 0.539. The molecule has 0 fully saturated rings. The van der Waals surface area contributed by atoms with Crippen LogP contribution < -0.4 is 10.8 Å². The third kappa shape index (κ3) is 4.79. The first-order valence-corrected chi connectivity index (χ1v) is 8.23. The van der Waals surface area contributed by atoms with Gasteiger partial charge >= 0.3 is 0 Å². The lowest BCUT2D eigenvalue weighted by Gasteiger charge is -2.05. The molecule has 0 unspecified atom stereocenters. The van der Waals surface area contributed by atoms with E-state index in [-0.39, 0.29) is 0 Å². The van der Waals surface area contributed by atoms with Gasteiger partial charge in [0.2, 0.25) is 0 Å². The van der Waals surface area contributed by atoms with Crippen molar-refractivity contribution in [2.24, 2.45) is 0 Å². The molecule has 0 saturated carbocycles. The molecule has 1 aromatic heterocycles. The number of aromatic nitrogens is 1. The van der Waals surface area contributed by atoms with E-state index in [1.165, 1.54) is 28.2 Å². The number of hydrogen-bond donors (Lipinski definition) is 4. The molecule has 25 heavy (non-hydrogen) atoms. The average molecular weight is 335 g/mol. The molecule has 5 nitrogen and oxygen atoms in total. The van der Waals surface area contributed by atoms with E-state index >= 15 is 0 Å². The van der Waals surface area contributed by atoms with E-state index in [9.17, 15) is 4.79 Å². The molecule has 0 aliphatic rings. The van der Waals surface area contributed by atoms with E-state index in [4.69, 9.17) is 5.21 Å². The van der Waals surface area contributed by atoms with E-state index < -0.39 is 5.91 Å². The maximum absolute atomic E-state index is 10.9. The monoisotopic (exact) mass is 335 g/mol. The quantitative estimate of drug-likeness (QED) is 0.232. The van der Waals surface area contributed by atoms with E-state index in [0.717, 1.165) is 25.1 Å². The number of nitrogens with one attached hydrogen (secondary N) is 3. The van der Waals surface area contributed by atoms with Gasteiger partial charge in [0.25, 0.3) is 5.91 Å². The molecule has 0 aliphatic carbocycles. The normalized spacial score (nSPS) is 11.2. The van der Waals surface area contributed by atoms with Crippen molar-refractivity contribution in [3.8, 4) is 0 Å². The summed E-state index contributed by atoms with van der Waals surface area (Å²) in [7, 11) is 0. The van der Waals surface area contributed by atoms with Gasteiger partial charge in [-0.25, -0.2) is 5.48 Å². The minimum Gasteiger partial charge on any atom is -0.358 e. The Bertz CT molecular complexity index is 833. The molecule has 0 atom stereocenters. The van der Waals surface area contributed by atoms with Crippen LogP contribution in [0.25, 0.3) is 17.0 Å². The largest absolute Gasteiger partial charge is 0.358 e.